The number of carbonyl (C=O) groups is 1. The molecule has 102 valence electrons. The summed E-state index contributed by atoms with van der Waals surface area (Å²) < 4.78 is 1.80. The standard InChI is InChI=1S/C14H13ClN4O/c1-2-19-8-9(15)7-12(19)14(20)16-13-10-5-3-4-6-11(10)17-18-13/h3-8H,2H2,1H3,(H2,16,17,18,20). The zero-order valence-corrected chi connectivity index (χ0v) is 11.6. The van der Waals surface area contributed by atoms with Crippen molar-refractivity contribution in [3.8, 4) is 0 Å². The fourth-order valence-electron chi connectivity index (χ4n) is 2.16. The summed E-state index contributed by atoms with van der Waals surface area (Å²) in [6, 6.07) is 9.27. The van der Waals surface area contributed by atoms with Crippen molar-refractivity contribution < 1.29 is 4.79 Å². The highest BCUT2D eigenvalue weighted by Crippen LogP contribution is 2.21. The third-order valence-electron chi connectivity index (χ3n) is 3.14. The van der Waals surface area contributed by atoms with Gasteiger partial charge in [0.05, 0.1) is 10.5 Å². The van der Waals surface area contributed by atoms with Gasteiger partial charge in [-0.1, -0.05) is 23.7 Å². The van der Waals surface area contributed by atoms with Gasteiger partial charge < -0.3 is 9.88 Å². The van der Waals surface area contributed by atoms with Gasteiger partial charge in [0, 0.05) is 18.1 Å². The maximum absolute atomic E-state index is 12.3. The Kier molecular flexibility index (Phi) is 3.20. The highest BCUT2D eigenvalue weighted by atomic mass is 35.5. The number of rotatable bonds is 3. The molecule has 2 N–H and O–H groups in total. The second-order valence-corrected chi connectivity index (χ2v) is 4.84. The van der Waals surface area contributed by atoms with E-state index >= 15 is 0 Å². The second-order valence-electron chi connectivity index (χ2n) is 4.40. The molecule has 2 heterocycles. The zero-order valence-electron chi connectivity index (χ0n) is 10.9. The van der Waals surface area contributed by atoms with E-state index in [0.717, 1.165) is 10.9 Å². The largest absolute Gasteiger partial charge is 0.342 e. The third-order valence-corrected chi connectivity index (χ3v) is 3.35. The van der Waals surface area contributed by atoms with E-state index in [4.69, 9.17) is 11.6 Å². The quantitative estimate of drug-likeness (QED) is 0.777. The molecule has 0 spiro atoms. The van der Waals surface area contributed by atoms with Crippen LogP contribution in [0.5, 0.6) is 0 Å². The predicted molar refractivity (Wildman–Crippen MR) is 79.2 cm³/mol. The van der Waals surface area contributed by atoms with Crippen LogP contribution in [-0.2, 0) is 6.54 Å². The van der Waals surface area contributed by atoms with Gasteiger partial charge in [-0.3, -0.25) is 9.89 Å². The lowest BCUT2D eigenvalue weighted by Crippen LogP contribution is -2.16. The molecule has 3 rings (SSSR count). The summed E-state index contributed by atoms with van der Waals surface area (Å²) in [7, 11) is 0. The third kappa shape index (κ3) is 2.16. The zero-order chi connectivity index (χ0) is 14.1. The van der Waals surface area contributed by atoms with Crippen molar-refractivity contribution in [1.82, 2.24) is 14.8 Å². The molecule has 6 heteroatoms. The van der Waals surface area contributed by atoms with E-state index in [0.29, 0.717) is 23.1 Å². The summed E-state index contributed by atoms with van der Waals surface area (Å²) in [4.78, 5) is 12.3. The first-order valence-electron chi connectivity index (χ1n) is 6.29. The number of hydrogen-bond acceptors (Lipinski definition) is 2. The minimum absolute atomic E-state index is 0.226. The molecule has 2 aromatic heterocycles. The summed E-state index contributed by atoms with van der Waals surface area (Å²) in [5.74, 6) is 0.293. The molecule has 0 saturated heterocycles. The number of aromatic amines is 1. The summed E-state index contributed by atoms with van der Waals surface area (Å²) in [6.07, 6.45) is 1.74. The van der Waals surface area contributed by atoms with Crippen molar-refractivity contribution in [3.05, 3.63) is 47.2 Å². The summed E-state index contributed by atoms with van der Waals surface area (Å²) >= 11 is 5.94. The number of nitrogens with one attached hydrogen (secondary N) is 2. The molecule has 1 amide bonds. The smallest absolute Gasteiger partial charge is 0.273 e. The number of carbonyl (C=O) groups excluding carboxylic acids is 1. The number of nitrogens with zero attached hydrogens (tertiary/aromatic N) is 2. The Balaban J connectivity index is 1.92. The molecule has 0 bridgehead atoms. The summed E-state index contributed by atoms with van der Waals surface area (Å²) in [5.41, 5.74) is 1.40. The van der Waals surface area contributed by atoms with Crippen LogP contribution >= 0.6 is 11.6 Å². The van der Waals surface area contributed by atoms with Gasteiger partial charge >= 0.3 is 0 Å². The van der Waals surface area contributed by atoms with Gasteiger partial charge in [0.1, 0.15) is 5.69 Å². The molecule has 1 aromatic carbocycles. The van der Waals surface area contributed by atoms with Crippen molar-refractivity contribution in [1.29, 1.82) is 0 Å². The SMILES string of the molecule is CCn1cc(Cl)cc1C(=O)Nc1n[nH]c2ccccc12. The lowest BCUT2D eigenvalue weighted by Gasteiger charge is -2.05. The predicted octanol–water partition coefficient (Wildman–Crippen LogP) is 3.29. The number of anilines is 1. The van der Waals surface area contributed by atoms with Crippen LogP contribution in [0.2, 0.25) is 5.02 Å². The topological polar surface area (TPSA) is 62.7 Å². The Labute approximate surface area is 120 Å². The van der Waals surface area contributed by atoms with Crippen molar-refractivity contribution in [2.75, 3.05) is 5.32 Å². The van der Waals surface area contributed by atoms with E-state index in [1.807, 2.05) is 31.2 Å². The Morgan fingerprint density at radius 3 is 3.05 bits per heavy atom. The van der Waals surface area contributed by atoms with Crippen LogP contribution in [0.25, 0.3) is 10.9 Å². The summed E-state index contributed by atoms with van der Waals surface area (Å²) in [6.45, 7) is 2.63. The number of aryl methyl sites for hydroxylation is 1. The molecule has 20 heavy (non-hydrogen) atoms. The van der Waals surface area contributed by atoms with E-state index in [1.54, 1.807) is 16.8 Å². The normalized spacial score (nSPS) is 10.9. The molecular formula is C14H13ClN4O. The fourth-order valence-corrected chi connectivity index (χ4v) is 2.38. The first-order valence-corrected chi connectivity index (χ1v) is 6.67. The Hall–Kier alpha value is -2.27. The minimum atomic E-state index is -0.226. The van der Waals surface area contributed by atoms with Gasteiger partial charge in [-0.15, -0.1) is 0 Å². The summed E-state index contributed by atoms with van der Waals surface area (Å²) in [5, 5.41) is 11.2. The number of halogens is 1. The molecule has 0 radical (unpaired) electrons. The number of benzene rings is 1. The number of aromatic nitrogens is 3. The van der Waals surface area contributed by atoms with Crippen LogP contribution < -0.4 is 5.32 Å². The van der Waals surface area contributed by atoms with Gasteiger partial charge in [-0.05, 0) is 25.1 Å². The van der Waals surface area contributed by atoms with Crippen LogP contribution in [0.1, 0.15) is 17.4 Å². The van der Waals surface area contributed by atoms with Crippen molar-refractivity contribution in [3.63, 3.8) is 0 Å². The molecule has 0 aliphatic rings. The lowest BCUT2D eigenvalue weighted by molar-refractivity contribution is 0.101. The van der Waals surface area contributed by atoms with E-state index in [-0.39, 0.29) is 5.91 Å². The van der Waals surface area contributed by atoms with Gasteiger partial charge in [0.15, 0.2) is 5.82 Å². The van der Waals surface area contributed by atoms with E-state index in [2.05, 4.69) is 15.5 Å². The maximum Gasteiger partial charge on any atom is 0.273 e. The van der Waals surface area contributed by atoms with Crippen LogP contribution in [0.3, 0.4) is 0 Å². The van der Waals surface area contributed by atoms with Crippen LogP contribution in [0.4, 0.5) is 5.82 Å². The average Bonchev–Trinajstić information content (AvgIpc) is 3.03. The van der Waals surface area contributed by atoms with Gasteiger partial charge in [0.25, 0.3) is 5.91 Å². The fraction of sp³-hybridized carbons (Fsp3) is 0.143. The number of hydrogen-bond donors (Lipinski definition) is 2. The van der Waals surface area contributed by atoms with Crippen LogP contribution in [0.15, 0.2) is 36.5 Å². The lowest BCUT2D eigenvalue weighted by atomic mass is 10.2. The van der Waals surface area contributed by atoms with Crippen molar-refractivity contribution in [2.24, 2.45) is 0 Å². The molecule has 0 atom stereocenters. The van der Waals surface area contributed by atoms with Gasteiger partial charge in [0.2, 0.25) is 0 Å². The van der Waals surface area contributed by atoms with Gasteiger partial charge in [-0.25, -0.2) is 0 Å². The number of fused-ring (bicyclic) bond motifs is 1. The average molecular weight is 289 g/mol. The van der Waals surface area contributed by atoms with E-state index < -0.39 is 0 Å². The minimum Gasteiger partial charge on any atom is -0.342 e. The Morgan fingerprint density at radius 2 is 2.25 bits per heavy atom. The number of para-hydroxylation sites is 1. The Morgan fingerprint density at radius 1 is 1.45 bits per heavy atom. The molecule has 0 fully saturated rings. The molecule has 0 saturated carbocycles. The van der Waals surface area contributed by atoms with Gasteiger partial charge in [-0.2, -0.15) is 5.10 Å². The molecule has 0 unspecified atom stereocenters. The van der Waals surface area contributed by atoms with E-state index in [9.17, 15) is 4.79 Å². The maximum atomic E-state index is 12.3. The molecule has 0 aliphatic carbocycles. The molecule has 0 aliphatic heterocycles. The Bertz CT molecular complexity index is 774. The monoisotopic (exact) mass is 288 g/mol. The first kappa shape index (κ1) is 12.7. The highest BCUT2D eigenvalue weighted by Gasteiger charge is 2.15. The van der Waals surface area contributed by atoms with Crippen LogP contribution in [-0.4, -0.2) is 20.7 Å². The first-order chi connectivity index (χ1) is 9.69. The van der Waals surface area contributed by atoms with E-state index in [1.165, 1.54) is 0 Å². The van der Waals surface area contributed by atoms with Crippen molar-refractivity contribution in [2.45, 2.75) is 13.5 Å². The highest BCUT2D eigenvalue weighted by molar-refractivity contribution is 6.31. The number of H-pyrrole nitrogens is 1. The number of amides is 1. The van der Waals surface area contributed by atoms with Crippen LogP contribution in [0, 0.1) is 0 Å². The molecule has 5 nitrogen and oxygen atoms in total. The molecular weight excluding hydrogens is 276 g/mol. The van der Waals surface area contributed by atoms with Crippen molar-refractivity contribution >= 4 is 34.2 Å². The molecule has 3 aromatic rings. The second kappa shape index (κ2) is 5.02.